The van der Waals surface area contributed by atoms with Gasteiger partial charge in [0.1, 0.15) is 4.83 Å². The van der Waals surface area contributed by atoms with E-state index >= 15 is 0 Å². The maximum absolute atomic E-state index is 12.6. The molecule has 1 aliphatic rings. The molecule has 8 heteroatoms. The first-order valence-electron chi connectivity index (χ1n) is 9.07. The predicted octanol–water partition coefficient (Wildman–Crippen LogP) is 3.85. The van der Waals surface area contributed by atoms with E-state index in [9.17, 15) is 9.59 Å². The van der Waals surface area contributed by atoms with Gasteiger partial charge in [-0.1, -0.05) is 17.8 Å². The van der Waals surface area contributed by atoms with E-state index in [0.29, 0.717) is 16.4 Å². The lowest BCUT2D eigenvalue weighted by molar-refractivity contribution is -0.115. The first-order chi connectivity index (χ1) is 13.5. The molecule has 2 N–H and O–H groups in total. The number of thiophene rings is 1. The third-order valence-electron chi connectivity index (χ3n) is 4.72. The molecule has 0 saturated heterocycles. The fourth-order valence-corrected chi connectivity index (χ4v) is 5.45. The van der Waals surface area contributed by atoms with Crippen LogP contribution in [-0.2, 0) is 17.6 Å². The Bertz CT molecular complexity index is 1160. The van der Waals surface area contributed by atoms with E-state index in [-0.39, 0.29) is 11.5 Å². The largest absolute Gasteiger partial charge is 0.325 e. The van der Waals surface area contributed by atoms with Crippen LogP contribution in [0.2, 0.25) is 0 Å². The van der Waals surface area contributed by atoms with Crippen LogP contribution < -0.4 is 10.9 Å². The summed E-state index contributed by atoms with van der Waals surface area (Å²) in [6.07, 6.45) is 4.22. The Morgan fingerprint density at radius 3 is 3.04 bits per heavy atom. The number of aryl methyl sites for hydroxylation is 2. The van der Waals surface area contributed by atoms with Crippen LogP contribution in [-0.4, -0.2) is 21.1 Å². The highest BCUT2D eigenvalue weighted by molar-refractivity contribution is 8.00. The second kappa shape index (κ2) is 7.78. The van der Waals surface area contributed by atoms with E-state index in [4.69, 9.17) is 5.26 Å². The van der Waals surface area contributed by atoms with Crippen LogP contribution in [0.5, 0.6) is 0 Å². The summed E-state index contributed by atoms with van der Waals surface area (Å²) in [5.41, 5.74) is 2.08. The zero-order valence-electron chi connectivity index (χ0n) is 15.2. The SMILES string of the molecule is CC(Sc1nc2sc3c(c2c(=O)[nH]1)CCCC3)C(=O)Nc1cccc(C#N)c1. The number of aromatic amines is 1. The molecule has 0 bridgehead atoms. The lowest BCUT2D eigenvalue weighted by Crippen LogP contribution is -2.23. The van der Waals surface area contributed by atoms with E-state index in [1.807, 2.05) is 6.07 Å². The number of hydrogen-bond acceptors (Lipinski definition) is 6. The molecular weight excluding hydrogens is 392 g/mol. The van der Waals surface area contributed by atoms with Gasteiger partial charge in [0.05, 0.1) is 22.3 Å². The van der Waals surface area contributed by atoms with Crippen molar-refractivity contribution in [2.45, 2.75) is 43.0 Å². The lowest BCUT2D eigenvalue weighted by Gasteiger charge is -2.12. The van der Waals surface area contributed by atoms with E-state index < -0.39 is 5.25 Å². The Balaban J connectivity index is 1.53. The molecule has 0 spiro atoms. The number of H-pyrrole nitrogens is 1. The molecule has 0 radical (unpaired) electrons. The Kier molecular flexibility index (Phi) is 5.20. The first-order valence-corrected chi connectivity index (χ1v) is 10.8. The molecule has 2 heterocycles. The molecule has 1 aliphatic carbocycles. The molecular formula is C20H18N4O2S2. The Morgan fingerprint density at radius 1 is 1.39 bits per heavy atom. The molecule has 1 aromatic carbocycles. The van der Waals surface area contributed by atoms with Crippen LogP contribution in [0.4, 0.5) is 5.69 Å². The first kappa shape index (κ1) is 18.7. The minimum atomic E-state index is -0.457. The lowest BCUT2D eigenvalue weighted by atomic mass is 9.97. The zero-order chi connectivity index (χ0) is 19.7. The number of rotatable bonds is 4. The molecule has 0 aliphatic heterocycles. The highest BCUT2D eigenvalue weighted by Gasteiger charge is 2.21. The van der Waals surface area contributed by atoms with Gasteiger partial charge in [0.2, 0.25) is 5.91 Å². The number of hydrogen-bond donors (Lipinski definition) is 2. The second-order valence-corrected chi connectivity index (χ2v) is 9.12. The van der Waals surface area contributed by atoms with Crippen molar-refractivity contribution in [2.75, 3.05) is 5.32 Å². The smallest absolute Gasteiger partial charge is 0.260 e. The van der Waals surface area contributed by atoms with Crippen LogP contribution in [0.1, 0.15) is 35.8 Å². The number of benzene rings is 1. The van der Waals surface area contributed by atoms with Gasteiger partial charge in [-0.25, -0.2) is 4.98 Å². The molecule has 0 saturated carbocycles. The highest BCUT2D eigenvalue weighted by atomic mass is 32.2. The maximum Gasteiger partial charge on any atom is 0.260 e. The minimum Gasteiger partial charge on any atom is -0.325 e. The topological polar surface area (TPSA) is 98.6 Å². The molecule has 6 nitrogen and oxygen atoms in total. The molecule has 4 rings (SSSR count). The van der Waals surface area contributed by atoms with Gasteiger partial charge in [0.15, 0.2) is 5.16 Å². The quantitative estimate of drug-likeness (QED) is 0.503. The molecule has 28 heavy (non-hydrogen) atoms. The number of nitrogens with one attached hydrogen (secondary N) is 2. The van der Waals surface area contributed by atoms with Crippen LogP contribution in [0.3, 0.4) is 0 Å². The normalized spacial score (nSPS) is 14.3. The number of thioether (sulfide) groups is 1. The van der Waals surface area contributed by atoms with E-state index in [1.165, 1.54) is 16.6 Å². The predicted molar refractivity (Wildman–Crippen MR) is 112 cm³/mol. The van der Waals surface area contributed by atoms with Gasteiger partial charge in [0, 0.05) is 10.6 Å². The van der Waals surface area contributed by atoms with Crippen LogP contribution >= 0.6 is 23.1 Å². The van der Waals surface area contributed by atoms with E-state index in [0.717, 1.165) is 41.5 Å². The van der Waals surface area contributed by atoms with Gasteiger partial charge in [0.25, 0.3) is 5.56 Å². The van der Waals surface area contributed by atoms with Crippen molar-refractivity contribution in [2.24, 2.45) is 0 Å². The molecule has 1 amide bonds. The number of anilines is 1. The molecule has 2 aromatic heterocycles. The third kappa shape index (κ3) is 3.68. The molecule has 142 valence electrons. The van der Waals surface area contributed by atoms with Crippen LogP contribution in [0.15, 0.2) is 34.2 Å². The number of nitrogens with zero attached hydrogens (tertiary/aromatic N) is 2. The number of carbonyl (C=O) groups is 1. The van der Waals surface area contributed by atoms with Crippen molar-refractivity contribution >= 4 is 44.9 Å². The Hall–Kier alpha value is -2.63. The summed E-state index contributed by atoms with van der Waals surface area (Å²) in [5.74, 6) is -0.215. The van der Waals surface area contributed by atoms with Gasteiger partial charge < -0.3 is 10.3 Å². The number of aromatic nitrogens is 2. The number of nitriles is 1. The number of carbonyl (C=O) groups excluding carboxylic acids is 1. The van der Waals surface area contributed by atoms with Crippen molar-refractivity contribution < 1.29 is 4.79 Å². The summed E-state index contributed by atoms with van der Waals surface area (Å²) in [6.45, 7) is 1.76. The minimum absolute atomic E-state index is 0.124. The van der Waals surface area contributed by atoms with Gasteiger partial charge in [-0.3, -0.25) is 9.59 Å². The zero-order valence-corrected chi connectivity index (χ0v) is 16.9. The maximum atomic E-state index is 12.6. The fraction of sp³-hybridized carbons (Fsp3) is 0.300. The summed E-state index contributed by atoms with van der Waals surface area (Å²) in [4.78, 5) is 34.6. The van der Waals surface area contributed by atoms with Crippen LogP contribution in [0.25, 0.3) is 10.2 Å². The molecule has 1 unspecified atom stereocenters. The monoisotopic (exact) mass is 410 g/mol. The van der Waals surface area contributed by atoms with Crippen molar-refractivity contribution in [3.63, 3.8) is 0 Å². The third-order valence-corrected chi connectivity index (χ3v) is 6.89. The standard InChI is InChI=1S/C20H18N4O2S2/c1-11(17(25)22-13-6-4-5-12(9-13)10-21)27-20-23-18(26)16-14-7-2-3-8-15(14)28-19(16)24-20/h4-6,9,11H,2-3,7-8H2,1H3,(H,22,25)(H,23,24,26). The van der Waals surface area contributed by atoms with E-state index in [2.05, 4.69) is 15.3 Å². The number of fused-ring (bicyclic) bond motifs is 3. The second-order valence-electron chi connectivity index (χ2n) is 6.70. The summed E-state index contributed by atoms with van der Waals surface area (Å²) in [6, 6.07) is 8.80. The van der Waals surface area contributed by atoms with Crippen molar-refractivity contribution in [1.29, 1.82) is 5.26 Å². The van der Waals surface area contributed by atoms with Gasteiger partial charge in [-0.15, -0.1) is 11.3 Å². The Morgan fingerprint density at radius 2 is 2.21 bits per heavy atom. The average molecular weight is 411 g/mol. The number of amides is 1. The average Bonchev–Trinajstić information content (AvgIpc) is 3.06. The summed E-state index contributed by atoms with van der Waals surface area (Å²) >= 11 is 2.81. The molecule has 1 atom stereocenters. The fourth-order valence-electron chi connectivity index (χ4n) is 3.33. The summed E-state index contributed by atoms with van der Waals surface area (Å²) < 4.78 is 0. The summed E-state index contributed by atoms with van der Waals surface area (Å²) in [5, 5.41) is 12.5. The van der Waals surface area contributed by atoms with Gasteiger partial charge in [-0.2, -0.15) is 5.26 Å². The van der Waals surface area contributed by atoms with Gasteiger partial charge in [-0.05, 0) is 56.4 Å². The Labute approximate surface area is 170 Å². The van der Waals surface area contributed by atoms with Crippen molar-refractivity contribution in [3.05, 3.63) is 50.6 Å². The molecule has 3 aromatic rings. The molecule has 0 fully saturated rings. The van der Waals surface area contributed by atoms with Crippen molar-refractivity contribution in [1.82, 2.24) is 9.97 Å². The van der Waals surface area contributed by atoms with Crippen molar-refractivity contribution in [3.8, 4) is 6.07 Å². The van der Waals surface area contributed by atoms with E-state index in [1.54, 1.807) is 42.5 Å². The van der Waals surface area contributed by atoms with Crippen LogP contribution in [0, 0.1) is 11.3 Å². The summed E-state index contributed by atoms with van der Waals surface area (Å²) in [7, 11) is 0. The highest BCUT2D eigenvalue weighted by Crippen LogP contribution is 2.34. The van der Waals surface area contributed by atoms with Gasteiger partial charge >= 0.3 is 0 Å².